The number of thiocarbonyl (C=S) groups is 1. The minimum atomic E-state index is -0.173. The van der Waals surface area contributed by atoms with Crippen LogP contribution in [0.2, 0.25) is 0 Å². The van der Waals surface area contributed by atoms with E-state index in [1.54, 1.807) is 12.1 Å². The molecular weight excluding hydrogens is 271 g/mol. The Bertz CT molecular complexity index is 464. The summed E-state index contributed by atoms with van der Waals surface area (Å²) in [6.45, 7) is 2.77. The lowest BCUT2D eigenvalue weighted by Gasteiger charge is -2.33. The first-order chi connectivity index (χ1) is 9.58. The van der Waals surface area contributed by atoms with Crippen molar-refractivity contribution in [3.8, 4) is 0 Å². The third kappa shape index (κ3) is 3.92. The van der Waals surface area contributed by atoms with Gasteiger partial charge >= 0.3 is 0 Å². The van der Waals surface area contributed by atoms with Gasteiger partial charge in [-0.1, -0.05) is 38.0 Å². The number of halogens is 1. The van der Waals surface area contributed by atoms with Gasteiger partial charge in [-0.15, -0.1) is 0 Å². The van der Waals surface area contributed by atoms with E-state index in [0.717, 1.165) is 0 Å². The second-order valence-corrected chi connectivity index (χ2v) is 6.15. The van der Waals surface area contributed by atoms with Crippen molar-refractivity contribution in [1.29, 1.82) is 0 Å². The van der Waals surface area contributed by atoms with Gasteiger partial charge in [-0.05, 0) is 37.0 Å². The van der Waals surface area contributed by atoms with Gasteiger partial charge < -0.3 is 10.2 Å². The Morgan fingerprint density at radius 2 is 2.05 bits per heavy atom. The first kappa shape index (κ1) is 15.2. The highest BCUT2D eigenvalue weighted by Gasteiger charge is 2.22. The summed E-state index contributed by atoms with van der Waals surface area (Å²) >= 11 is 5.45. The lowest BCUT2D eigenvalue weighted by atomic mass is 9.86. The Morgan fingerprint density at radius 3 is 2.75 bits per heavy atom. The second-order valence-electron chi connectivity index (χ2n) is 5.77. The molecular formula is C16H23FN2S. The van der Waals surface area contributed by atoms with Gasteiger partial charge in [0, 0.05) is 25.2 Å². The number of nitrogens with one attached hydrogen (secondary N) is 1. The maximum atomic E-state index is 13.6. The number of benzene rings is 1. The van der Waals surface area contributed by atoms with Crippen molar-refractivity contribution in [3.63, 3.8) is 0 Å². The summed E-state index contributed by atoms with van der Waals surface area (Å²) in [7, 11) is 1.91. The monoisotopic (exact) mass is 294 g/mol. The first-order valence-corrected chi connectivity index (χ1v) is 7.74. The summed E-state index contributed by atoms with van der Waals surface area (Å²) in [5.41, 5.74) is 0.677. The summed E-state index contributed by atoms with van der Waals surface area (Å²) in [4.78, 5) is 1.91. The lowest BCUT2D eigenvalue weighted by Crippen LogP contribution is -2.46. The molecule has 1 aliphatic rings. The van der Waals surface area contributed by atoms with Crippen molar-refractivity contribution < 1.29 is 4.39 Å². The molecule has 0 radical (unpaired) electrons. The molecule has 0 aliphatic heterocycles. The second kappa shape index (κ2) is 7.02. The van der Waals surface area contributed by atoms with Crippen molar-refractivity contribution in [3.05, 3.63) is 35.6 Å². The Morgan fingerprint density at radius 1 is 1.35 bits per heavy atom. The third-order valence-corrected chi connectivity index (χ3v) is 4.56. The highest BCUT2D eigenvalue weighted by atomic mass is 32.1. The zero-order valence-electron chi connectivity index (χ0n) is 12.2. The van der Waals surface area contributed by atoms with Crippen LogP contribution < -0.4 is 5.32 Å². The smallest absolute Gasteiger partial charge is 0.169 e. The summed E-state index contributed by atoms with van der Waals surface area (Å²) in [6.07, 6.45) is 5.02. The number of rotatable bonds is 3. The van der Waals surface area contributed by atoms with Crippen LogP contribution in [0.5, 0.6) is 0 Å². The average molecular weight is 294 g/mol. The van der Waals surface area contributed by atoms with Gasteiger partial charge in [0.05, 0.1) is 0 Å². The minimum absolute atomic E-state index is 0.173. The van der Waals surface area contributed by atoms with Crippen molar-refractivity contribution in [1.82, 2.24) is 10.2 Å². The van der Waals surface area contributed by atoms with Crippen molar-refractivity contribution in [2.75, 3.05) is 7.05 Å². The molecule has 1 aromatic rings. The Balaban J connectivity index is 1.90. The zero-order chi connectivity index (χ0) is 14.5. The van der Waals surface area contributed by atoms with E-state index >= 15 is 0 Å². The van der Waals surface area contributed by atoms with Crippen LogP contribution in [0.25, 0.3) is 0 Å². The third-order valence-electron chi connectivity index (χ3n) is 4.13. The van der Waals surface area contributed by atoms with E-state index in [0.29, 0.717) is 29.2 Å². The fourth-order valence-electron chi connectivity index (χ4n) is 2.75. The largest absolute Gasteiger partial charge is 0.360 e. The molecule has 1 fully saturated rings. The summed E-state index contributed by atoms with van der Waals surface area (Å²) in [5, 5.41) is 4.16. The van der Waals surface area contributed by atoms with Gasteiger partial charge in [0.1, 0.15) is 5.82 Å². The zero-order valence-corrected chi connectivity index (χ0v) is 13.0. The molecule has 110 valence electrons. The SMILES string of the molecule is C[C@H]1CCCC[C@@H]1NC(=S)N(C)Cc1ccccc1F. The van der Waals surface area contributed by atoms with Crippen LogP contribution in [0, 0.1) is 11.7 Å². The molecule has 1 N–H and O–H groups in total. The molecule has 2 atom stereocenters. The van der Waals surface area contributed by atoms with Crippen molar-refractivity contribution >= 4 is 17.3 Å². The fraction of sp³-hybridized carbons (Fsp3) is 0.562. The van der Waals surface area contributed by atoms with Crippen LogP contribution in [0.3, 0.4) is 0 Å². The van der Waals surface area contributed by atoms with E-state index in [1.165, 1.54) is 31.7 Å². The highest BCUT2D eigenvalue weighted by Crippen LogP contribution is 2.23. The van der Waals surface area contributed by atoms with Gasteiger partial charge in [0.25, 0.3) is 0 Å². The fourth-order valence-corrected chi connectivity index (χ4v) is 2.97. The van der Waals surface area contributed by atoms with Crippen LogP contribution in [0.15, 0.2) is 24.3 Å². The summed E-state index contributed by atoms with van der Waals surface area (Å²) in [5.74, 6) is 0.483. The number of hydrogen-bond donors (Lipinski definition) is 1. The summed E-state index contributed by atoms with van der Waals surface area (Å²) in [6, 6.07) is 7.31. The van der Waals surface area contributed by atoms with E-state index in [4.69, 9.17) is 12.2 Å². The van der Waals surface area contributed by atoms with E-state index in [2.05, 4.69) is 12.2 Å². The predicted octanol–water partition coefficient (Wildman–Crippen LogP) is 3.71. The van der Waals surface area contributed by atoms with Crippen molar-refractivity contribution in [2.24, 2.45) is 5.92 Å². The normalized spacial score (nSPS) is 22.4. The summed E-state index contributed by atoms with van der Waals surface area (Å²) < 4.78 is 13.6. The van der Waals surface area contributed by atoms with E-state index in [-0.39, 0.29) is 5.82 Å². The number of nitrogens with zero attached hydrogens (tertiary/aromatic N) is 1. The Hall–Kier alpha value is -1.16. The van der Waals surface area contributed by atoms with Crippen LogP contribution in [-0.4, -0.2) is 23.1 Å². The predicted molar refractivity (Wildman–Crippen MR) is 85.0 cm³/mol. The molecule has 4 heteroatoms. The molecule has 0 saturated heterocycles. The molecule has 0 aromatic heterocycles. The molecule has 0 spiro atoms. The maximum Gasteiger partial charge on any atom is 0.169 e. The van der Waals surface area contributed by atoms with Gasteiger partial charge in [-0.2, -0.15) is 0 Å². The molecule has 0 unspecified atom stereocenters. The van der Waals surface area contributed by atoms with E-state index < -0.39 is 0 Å². The van der Waals surface area contributed by atoms with Crippen molar-refractivity contribution in [2.45, 2.75) is 45.2 Å². The van der Waals surface area contributed by atoms with Gasteiger partial charge in [-0.3, -0.25) is 0 Å². The number of hydrogen-bond acceptors (Lipinski definition) is 1. The van der Waals surface area contributed by atoms with Gasteiger partial charge in [-0.25, -0.2) is 4.39 Å². The van der Waals surface area contributed by atoms with Crippen LogP contribution >= 0.6 is 12.2 Å². The van der Waals surface area contributed by atoms with E-state index in [1.807, 2.05) is 18.0 Å². The molecule has 2 nitrogen and oxygen atoms in total. The molecule has 1 aliphatic carbocycles. The maximum absolute atomic E-state index is 13.6. The molecule has 0 amide bonds. The van der Waals surface area contributed by atoms with Gasteiger partial charge in [0.15, 0.2) is 5.11 Å². The van der Waals surface area contributed by atoms with Crippen LogP contribution in [0.1, 0.15) is 38.2 Å². The molecule has 1 aromatic carbocycles. The molecule has 0 heterocycles. The van der Waals surface area contributed by atoms with Gasteiger partial charge in [0.2, 0.25) is 0 Å². The van der Waals surface area contributed by atoms with E-state index in [9.17, 15) is 4.39 Å². The molecule has 1 saturated carbocycles. The lowest BCUT2D eigenvalue weighted by molar-refractivity contribution is 0.300. The molecule has 2 rings (SSSR count). The Labute approximate surface area is 126 Å². The van der Waals surface area contributed by atoms with Crippen LogP contribution in [-0.2, 0) is 6.54 Å². The quantitative estimate of drug-likeness (QED) is 0.856. The molecule has 0 bridgehead atoms. The molecule has 20 heavy (non-hydrogen) atoms. The average Bonchev–Trinajstić information content (AvgIpc) is 2.43. The topological polar surface area (TPSA) is 15.3 Å². The van der Waals surface area contributed by atoms with Crippen LogP contribution in [0.4, 0.5) is 4.39 Å². The minimum Gasteiger partial charge on any atom is -0.360 e. The first-order valence-electron chi connectivity index (χ1n) is 7.33. The standard InChI is InChI=1S/C16H23FN2S/c1-12-7-3-6-10-15(12)18-16(20)19(2)11-13-8-4-5-9-14(13)17/h4-5,8-9,12,15H,3,6-7,10-11H2,1-2H3,(H,18,20)/t12-,15-/m0/s1. The highest BCUT2D eigenvalue weighted by molar-refractivity contribution is 7.80. The Kier molecular flexibility index (Phi) is 5.35.